The van der Waals surface area contributed by atoms with Crippen molar-refractivity contribution in [3.8, 4) is 11.1 Å². The Bertz CT molecular complexity index is 2930. The lowest BCUT2D eigenvalue weighted by molar-refractivity contribution is 0.630. The topological polar surface area (TPSA) is 6.48 Å². The summed E-state index contributed by atoms with van der Waals surface area (Å²) in [5, 5.41) is 0. The molecule has 0 saturated carbocycles. The minimum absolute atomic E-state index is 0.230. The molecule has 280 valence electrons. The number of anilines is 6. The zero-order chi connectivity index (χ0) is 39.6. The van der Waals surface area contributed by atoms with Crippen molar-refractivity contribution in [3.05, 3.63) is 233 Å². The van der Waals surface area contributed by atoms with E-state index in [9.17, 15) is 0 Å². The number of nitrogens with zero attached hydrogens (tertiary/aromatic N) is 2. The number of hydrogen-bond donors (Lipinski definition) is 0. The summed E-state index contributed by atoms with van der Waals surface area (Å²) >= 11 is 0. The van der Waals surface area contributed by atoms with Gasteiger partial charge in [0.25, 0.3) is 0 Å². The van der Waals surface area contributed by atoms with Crippen LogP contribution in [0.15, 0.2) is 188 Å². The predicted molar refractivity (Wildman–Crippen MR) is 244 cm³/mol. The van der Waals surface area contributed by atoms with Crippen LogP contribution >= 0.6 is 0 Å². The molecular weight excluding hydrogens is 701 g/mol. The molecule has 2 aliphatic carbocycles. The molecule has 58 heavy (non-hydrogen) atoms. The molecule has 1 spiro atoms. The number of rotatable bonds is 3. The van der Waals surface area contributed by atoms with Crippen LogP contribution in [0, 0.1) is 0 Å². The van der Waals surface area contributed by atoms with Crippen LogP contribution in [-0.2, 0) is 16.2 Å². The maximum atomic E-state index is 5.10. The van der Waals surface area contributed by atoms with Gasteiger partial charge < -0.3 is 9.80 Å². The predicted octanol–water partition coefficient (Wildman–Crippen LogP) is 14.7. The minimum atomic E-state index is -0.602. The summed E-state index contributed by atoms with van der Waals surface area (Å²) in [6.07, 6.45) is 6.71. The average Bonchev–Trinajstić information content (AvgIpc) is 3.69. The molecule has 4 aliphatic rings. The minimum Gasteiger partial charge on any atom is -0.309 e. The molecule has 2 heterocycles. The maximum Gasteiger partial charge on any atom is 0.0726 e. The van der Waals surface area contributed by atoms with Crippen molar-refractivity contribution < 1.29 is 0 Å². The van der Waals surface area contributed by atoms with Crippen molar-refractivity contribution in [1.29, 1.82) is 0 Å². The summed E-state index contributed by atoms with van der Waals surface area (Å²) in [7, 11) is 0. The number of para-hydroxylation sites is 4. The number of hydrogen-bond acceptors (Lipinski definition) is 2. The lowest BCUT2D eigenvalue weighted by atomic mass is 9.67. The van der Waals surface area contributed by atoms with Crippen LogP contribution in [0.5, 0.6) is 0 Å². The largest absolute Gasteiger partial charge is 0.309 e. The molecule has 2 heteroatoms. The van der Waals surface area contributed by atoms with Crippen LogP contribution in [-0.4, -0.2) is 0 Å². The van der Waals surface area contributed by atoms with Gasteiger partial charge in [-0.2, -0.15) is 0 Å². The number of fused-ring (bicyclic) bond motifs is 13. The van der Waals surface area contributed by atoms with E-state index in [-0.39, 0.29) is 10.8 Å². The third kappa shape index (κ3) is 4.27. The molecule has 7 aromatic rings. The Morgan fingerprint density at radius 3 is 1.41 bits per heavy atom. The highest BCUT2D eigenvalue weighted by atomic mass is 15.2. The molecular formula is C56H46N2. The monoisotopic (exact) mass is 746 g/mol. The van der Waals surface area contributed by atoms with E-state index in [1.54, 1.807) is 0 Å². The van der Waals surface area contributed by atoms with E-state index >= 15 is 0 Å². The standard InChI is InChI=1S/C56H46N2/c1-7-8-26-40-36(2)50-44(32-34-46-52(50)57(37-21-11-9-12-22-37)48-30-19-17-28-42(48)54(46,3)4)56(40)41-27-16-15-25-39(41)51-45(56)33-35-47-53(51)58(38-23-13-10-14-24-38)49-31-20-18-29-43(49)55(47,5)6/h7-35H,2H2,1,3-6H3. The van der Waals surface area contributed by atoms with Crippen molar-refractivity contribution in [1.82, 2.24) is 0 Å². The second-order valence-electron chi connectivity index (χ2n) is 17.3. The van der Waals surface area contributed by atoms with E-state index < -0.39 is 5.41 Å². The quantitative estimate of drug-likeness (QED) is 0.178. The molecule has 0 N–H and O–H groups in total. The van der Waals surface area contributed by atoms with Gasteiger partial charge in [-0.25, -0.2) is 0 Å². The molecule has 2 aliphatic heterocycles. The van der Waals surface area contributed by atoms with E-state index in [0.717, 1.165) is 16.9 Å². The molecule has 0 bridgehead atoms. The van der Waals surface area contributed by atoms with Gasteiger partial charge in [-0.1, -0.05) is 174 Å². The summed E-state index contributed by atoms with van der Waals surface area (Å²) in [6.45, 7) is 16.8. The van der Waals surface area contributed by atoms with Gasteiger partial charge in [0.2, 0.25) is 0 Å². The van der Waals surface area contributed by atoms with E-state index in [1.807, 2.05) is 0 Å². The first-order valence-corrected chi connectivity index (χ1v) is 20.6. The smallest absolute Gasteiger partial charge is 0.0726 e. The Balaban J connectivity index is 1.29. The van der Waals surface area contributed by atoms with Crippen LogP contribution < -0.4 is 9.80 Å². The van der Waals surface area contributed by atoms with Gasteiger partial charge in [-0.3, -0.25) is 0 Å². The van der Waals surface area contributed by atoms with Crippen molar-refractivity contribution in [2.75, 3.05) is 9.80 Å². The van der Waals surface area contributed by atoms with Gasteiger partial charge in [0.1, 0.15) is 0 Å². The maximum absolute atomic E-state index is 5.10. The molecule has 0 aromatic heterocycles. The summed E-state index contributed by atoms with van der Waals surface area (Å²) in [5.41, 5.74) is 21.5. The van der Waals surface area contributed by atoms with E-state index in [2.05, 4.69) is 220 Å². The fraction of sp³-hybridized carbons (Fsp3) is 0.143. The number of benzene rings is 7. The Kier molecular flexibility index (Phi) is 7.27. The molecule has 0 fully saturated rings. The SMILES string of the molecule is C=C1C(=CC=CC)C2(c3ccccc3-c3c2ccc2c3N(c3ccccc3)c3ccccc3C2(C)C)c2ccc3c(c21)N(c1ccccc1)c1ccccc1C3(C)C. The van der Waals surface area contributed by atoms with Crippen LogP contribution in [0.4, 0.5) is 34.1 Å². The Morgan fingerprint density at radius 2 is 0.879 bits per heavy atom. The van der Waals surface area contributed by atoms with Gasteiger partial charge in [0.05, 0.1) is 28.2 Å². The van der Waals surface area contributed by atoms with Crippen molar-refractivity contribution in [3.63, 3.8) is 0 Å². The second kappa shape index (κ2) is 12.2. The summed E-state index contributed by atoms with van der Waals surface area (Å²) in [5.74, 6) is 0. The third-order valence-electron chi connectivity index (χ3n) is 13.7. The first kappa shape index (κ1) is 34.6. The Morgan fingerprint density at radius 1 is 0.448 bits per heavy atom. The van der Waals surface area contributed by atoms with Crippen LogP contribution in [0.3, 0.4) is 0 Å². The summed E-state index contributed by atoms with van der Waals surface area (Å²) < 4.78 is 0. The van der Waals surface area contributed by atoms with Gasteiger partial charge in [-0.05, 0) is 99.0 Å². The van der Waals surface area contributed by atoms with Gasteiger partial charge in [0, 0.05) is 33.3 Å². The summed E-state index contributed by atoms with van der Waals surface area (Å²) in [6, 6.07) is 58.8. The van der Waals surface area contributed by atoms with Crippen molar-refractivity contribution in [2.24, 2.45) is 0 Å². The Labute approximate surface area is 342 Å². The highest BCUT2D eigenvalue weighted by Crippen LogP contribution is 2.69. The molecule has 1 atom stereocenters. The summed E-state index contributed by atoms with van der Waals surface area (Å²) in [4.78, 5) is 5.05. The molecule has 0 amide bonds. The average molecular weight is 747 g/mol. The van der Waals surface area contributed by atoms with Gasteiger partial charge in [0.15, 0.2) is 0 Å². The zero-order valence-electron chi connectivity index (χ0n) is 33.8. The third-order valence-corrected chi connectivity index (χ3v) is 13.7. The molecule has 0 radical (unpaired) electrons. The molecule has 2 nitrogen and oxygen atoms in total. The van der Waals surface area contributed by atoms with Crippen LogP contribution in [0.2, 0.25) is 0 Å². The van der Waals surface area contributed by atoms with E-state index in [4.69, 9.17) is 6.58 Å². The van der Waals surface area contributed by atoms with E-state index in [1.165, 1.54) is 84.0 Å². The van der Waals surface area contributed by atoms with E-state index in [0.29, 0.717) is 0 Å². The van der Waals surface area contributed by atoms with Crippen molar-refractivity contribution >= 4 is 39.7 Å². The molecule has 11 rings (SSSR count). The van der Waals surface area contributed by atoms with Gasteiger partial charge in [-0.15, -0.1) is 0 Å². The highest BCUT2D eigenvalue weighted by Gasteiger charge is 2.57. The zero-order valence-corrected chi connectivity index (χ0v) is 33.8. The van der Waals surface area contributed by atoms with Crippen LogP contribution in [0.25, 0.3) is 16.7 Å². The normalized spacial score (nSPS) is 19.4. The molecule has 0 saturated heterocycles. The fourth-order valence-electron chi connectivity index (χ4n) is 11.2. The van der Waals surface area contributed by atoms with Crippen molar-refractivity contribution in [2.45, 2.75) is 50.9 Å². The first-order chi connectivity index (χ1) is 28.2. The van der Waals surface area contributed by atoms with Gasteiger partial charge >= 0.3 is 0 Å². The molecule has 1 unspecified atom stereocenters. The molecule has 7 aromatic carbocycles. The first-order valence-electron chi connectivity index (χ1n) is 20.6. The lowest BCUT2D eigenvalue weighted by Gasteiger charge is -2.44. The highest BCUT2D eigenvalue weighted by molar-refractivity contribution is 6.09. The second-order valence-corrected chi connectivity index (χ2v) is 17.3. The van der Waals surface area contributed by atoms with Crippen LogP contribution in [0.1, 0.15) is 79.1 Å². The lowest BCUT2D eigenvalue weighted by Crippen LogP contribution is -2.33. The fourth-order valence-corrected chi connectivity index (χ4v) is 11.2. The Hall–Kier alpha value is -6.64. The number of allylic oxidation sites excluding steroid dienone is 5.